The van der Waals surface area contributed by atoms with Crippen molar-refractivity contribution in [3.63, 3.8) is 0 Å². The van der Waals surface area contributed by atoms with Gasteiger partial charge >= 0.3 is 0 Å². The lowest BCUT2D eigenvalue weighted by Crippen LogP contribution is -2.10. The van der Waals surface area contributed by atoms with Gasteiger partial charge in [-0.1, -0.05) is 133 Å². The van der Waals surface area contributed by atoms with Crippen LogP contribution in [-0.4, -0.2) is 0 Å². The molecule has 0 atom stereocenters. The van der Waals surface area contributed by atoms with Crippen molar-refractivity contribution in [1.82, 2.24) is 0 Å². The first-order chi connectivity index (χ1) is 22.8. The predicted molar refractivity (Wildman–Crippen MR) is 194 cm³/mol. The largest absolute Gasteiger partial charge is 0.454 e. The number of furan rings is 1. The summed E-state index contributed by atoms with van der Waals surface area (Å²) in [5.41, 5.74) is 9.63. The van der Waals surface area contributed by atoms with Crippen LogP contribution in [-0.2, 0) is 0 Å². The fraction of sp³-hybridized carbons (Fsp3) is 0. The van der Waals surface area contributed by atoms with Gasteiger partial charge in [-0.25, -0.2) is 0 Å². The molecule has 0 saturated carbocycles. The van der Waals surface area contributed by atoms with E-state index in [4.69, 9.17) is 4.42 Å². The van der Waals surface area contributed by atoms with Crippen molar-refractivity contribution < 1.29 is 4.42 Å². The number of hydrogen-bond donors (Lipinski definition) is 0. The van der Waals surface area contributed by atoms with Gasteiger partial charge in [-0.05, 0) is 86.3 Å². The third-order valence-corrected chi connectivity index (χ3v) is 9.01. The van der Waals surface area contributed by atoms with Crippen molar-refractivity contribution >= 4 is 60.5 Å². The van der Waals surface area contributed by atoms with Crippen molar-refractivity contribution in [2.45, 2.75) is 0 Å². The maximum atomic E-state index is 6.72. The second-order valence-corrected chi connectivity index (χ2v) is 11.8. The highest BCUT2D eigenvalue weighted by atomic mass is 16.3. The Morgan fingerprint density at radius 3 is 1.85 bits per heavy atom. The first-order valence-corrected chi connectivity index (χ1v) is 15.7. The van der Waals surface area contributed by atoms with Gasteiger partial charge in [0.25, 0.3) is 0 Å². The second-order valence-electron chi connectivity index (χ2n) is 11.8. The van der Waals surface area contributed by atoms with Crippen molar-refractivity contribution in [1.29, 1.82) is 0 Å². The Balaban J connectivity index is 1.27. The molecule has 9 rings (SSSR count). The van der Waals surface area contributed by atoms with Crippen molar-refractivity contribution in [2.24, 2.45) is 0 Å². The SMILES string of the molecule is c1ccc(-c2cccc(N(c3ccc(-c4ccc5ccccc5c4)cc3)c3cc4ccccc4c4c3oc3ccccc34)c2)cc1. The molecule has 0 bridgehead atoms. The Bertz CT molecular complexity index is 2530. The molecule has 0 saturated heterocycles. The van der Waals surface area contributed by atoms with Crippen molar-refractivity contribution in [2.75, 3.05) is 4.90 Å². The molecule has 2 heteroatoms. The average Bonchev–Trinajstić information content (AvgIpc) is 3.53. The summed E-state index contributed by atoms with van der Waals surface area (Å²) in [6.07, 6.45) is 0. The van der Waals surface area contributed by atoms with E-state index in [1.807, 2.05) is 6.07 Å². The number of fused-ring (bicyclic) bond motifs is 6. The van der Waals surface area contributed by atoms with Gasteiger partial charge in [-0.3, -0.25) is 0 Å². The van der Waals surface area contributed by atoms with Crippen LogP contribution in [0.15, 0.2) is 180 Å². The lowest BCUT2D eigenvalue weighted by molar-refractivity contribution is 0.669. The molecule has 1 aromatic heterocycles. The normalized spacial score (nSPS) is 11.5. The molecule has 0 aliphatic heterocycles. The Labute approximate surface area is 267 Å². The molecule has 0 unspecified atom stereocenters. The number of benzene rings is 8. The molecule has 0 spiro atoms. The van der Waals surface area contributed by atoms with Crippen LogP contribution in [0.2, 0.25) is 0 Å². The van der Waals surface area contributed by atoms with Crippen molar-refractivity contribution in [3.05, 3.63) is 176 Å². The molecule has 0 fully saturated rings. The number of nitrogens with zero attached hydrogens (tertiary/aromatic N) is 1. The third-order valence-electron chi connectivity index (χ3n) is 9.01. The van der Waals surface area contributed by atoms with Crippen LogP contribution < -0.4 is 4.90 Å². The Morgan fingerprint density at radius 2 is 1.00 bits per heavy atom. The van der Waals surface area contributed by atoms with E-state index < -0.39 is 0 Å². The summed E-state index contributed by atoms with van der Waals surface area (Å²) in [7, 11) is 0. The minimum Gasteiger partial charge on any atom is -0.454 e. The molecule has 1 heterocycles. The van der Waals surface area contributed by atoms with Gasteiger partial charge in [0.1, 0.15) is 5.58 Å². The van der Waals surface area contributed by atoms with Gasteiger partial charge in [-0.2, -0.15) is 0 Å². The monoisotopic (exact) mass is 587 g/mol. The standard InChI is InChI=1S/C44H29NO/c1-2-11-30(12-3-1)34-16-10-17-38(28-34)45(37-25-23-32(24-26-37)35-22-21-31-13-4-5-14-33(31)27-35)41-29-36-15-6-7-18-39(36)43-40-19-8-9-20-42(40)46-44(41)43/h1-29H. The Hall–Kier alpha value is -6.12. The summed E-state index contributed by atoms with van der Waals surface area (Å²) in [6, 6.07) is 62.7. The van der Waals surface area contributed by atoms with Gasteiger partial charge in [0, 0.05) is 22.1 Å². The van der Waals surface area contributed by atoms with Crippen LogP contribution >= 0.6 is 0 Å². The van der Waals surface area contributed by atoms with Crippen LogP contribution in [0, 0.1) is 0 Å². The van der Waals surface area contributed by atoms with E-state index in [-0.39, 0.29) is 0 Å². The van der Waals surface area contributed by atoms with Crippen LogP contribution in [0.4, 0.5) is 17.1 Å². The summed E-state index contributed by atoms with van der Waals surface area (Å²) in [5.74, 6) is 0. The lowest BCUT2D eigenvalue weighted by atomic mass is 9.99. The smallest absolute Gasteiger partial charge is 0.160 e. The highest BCUT2D eigenvalue weighted by molar-refractivity contribution is 6.23. The van der Waals surface area contributed by atoms with Crippen LogP contribution in [0.25, 0.3) is 65.7 Å². The van der Waals surface area contributed by atoms with E-state index >= 15 is 0 Å². The summed E-state index contributed by atoms with van der Waals surface area (Å²) in [5, 5.41) is 7.12. The average molecular weight is 588 g/mol. The second kappa shape index (κ2) is 10.8. The van der Waals surface area contributed by atoms with Gasteiger partial charge in [0.05, 0.1) is 5.69 Å². The number of para-hydroxylation sites is 1. The van der Waals surface area contributed by atoms with E-state index in [1.54, 1.807) is 0 Å². The molecule has 0 N–H and O–H groups in total. The maximum absolute atomic E-state index is 6.72. The number of rotatable bonds is 5. The molecule has 0 radical (unpaired) electrons. The molecule has 216 valence electrons. The van der Waals surface area contributed by atoms with Gasteiger partial charge in [0.2, 0.25) is 0 Å². The summed E-state index contributed by atoms with van der Waals surface area (Å²) in [6.45, 7) is 0. The first-order valence-electron chi connectivity index (χ1n) is 15.7. The zero-order chi connectivity index (χ0) is 30.5. The maximum Gasteiger partial charge on any atom is 0.160 e. The van der Waals surface area contributed by atoms with Crippen LogP contribution in [0.3, 0.4) is 0 Å². The fourth-order valence-corrected chi connectivity index (χ4v) is 6.78. The quantitative estimate of drug-likeness (QED) is 0.199. The third kappa shape index (κ3) is 4.43. The zero-order valence-corrected chi connectivity index (χ0v) is 25.1. The van der Waals surface area contributed by atoms with Gasteiger partial charge in [-0.15, -0.1) is 0 Å². The molecule has 9 aromatic rings. The van der Waals surface area contributed by atoms with Crippen molar-refractivity contribution in [3.8, 4) is 22.3 Å². The number of anilines is 3. The fourth-order valence-electron chi connectivity index (χ4n) is 6.78. The highest BCUT2D eigenvalue weighted by Crippen LogP contribution is 2.46. The van der Waals surface area contributed by atoms with E-state index in [0.717, 1.165) is 44.6 Å². The summed E-state index contributed by atoms with van der Waals surface area (Å²) < 4.78 is 6.72. The molecule has 8 aromatic carbocycles. The minimum atomic E-state index is 0.878. The molecule has 0 amide bonds. The van der Waals surface area contributed by atoms with Crippen LogP contribution in [0.5, 0.6) is 0 Å². The van der Waals surface area contributed by atoms with Gasteiger partial charge < -0.3 is 9.32 Å². The van der Waals surface area contributed by atoms with E-state index in [9.17, 15) is 0 Å². The van der Waals surface area contributed by atoms with Gasteiger partial charge in [0.15, 0.2) is 5.58 Å². The molecule has 0 aliphatic rings. The van der Waals surface area contributed by atoms with E-state index in [1.165, 1.54) is 38.2 Å². The Morgan fingerprint density at radius 1 is 0.370 bits per heavy atom. The van der Waals surface area contributed by atoms with E-state index in [0.29, 0.717) is 0 Å². The minimum absolute atomic E-state index is 0.878. The first kappa shape index (κ1) is 26.3. The molecule has 46 heavy (non-hydrogen) atoms. The number of hydrogen-bond acceptors (Lipinski definition) is 2. The van der Waals surface area contributed by atoms with E-state index in [2.05, 4.69) is 175 Å². The molecule has 0 aliphatic carbocycles. The molecular formula is C44H29NO. The highest BCUT2D eigenvalue weighted by Gasteiger charge is 2.22. The summed E-state index contributed by atoms with van der Waals surface area (Å²) in [4.78, 5) is 2.34. The molecule has 2 nitrogen and oxygen atoms in total. The summed E-state index contributed by atoms with van der Waals surface area (Å²) >= 11 is 0. The van der Waals surface area contributed by atoms with Crippen LogP contribution in [0.1, 0.15) is 0 Å². The zero-order valence-electron chi connectivity index (χ0n) is 25.1. The topological polar surface area (TPSA) is 16.4 Å². The predicted octanol–water partition coefficient (Wildman–Crippen LogP) is 12.7. The Kier molecular flexibility index (Phi) is 6.17. The lowest BCUT2D eigenvalue weighted by Gasteiger charge is -2.27. The molecular weight excluding hydrogens is 558 g/mol.